The number of likely N-dealkylation sites (N-methyl/N-ethyl adjacent to an activating group) is 1. The summed E-state index contributed by atoms with van der Waals surface area (Å²) in [6, 6.07) is 12.0. The van der Waals surface area contributed by atoms with Gasteiger partial charge in [-0.25, -0.2) is 4.98 Å². The lowest BCUT2D eigenvalue weighted by molar-refractivity contribution is 0.312. The molecule has 144 valence electrons. The standard InChI is InChI=1S/C20H27ClN6/c1-22-20(25-15-17-5-3-4-6-18(17)21)24-14-16-7-8-19(23-13-16)27-11-9-26(2)10-12-27/h3-8,13H,9-12,14-15H2,1-2H3,(H2,22,24,25). The lowest BCUT2D eigenvalue weighted by Gasteiger charge is -2.33. The van der Waals surface area contributed by atoms with E-state index in [2.05, 4.69) is 49.6 Å². The predicted octanol–water partition coefficient (Wildman–Crippen LogP) is 2.35. The number of guanidine groups is 1. The second-order valence-electron chi connectivity index (χ2n) is 6.69. The van der Waals surface area contributed by atoms with Crippen molar-refractivity contribution < 1.29 is 0 Å². The van der Waals surface area contributed by atoms with Crippen molar-refractivity contribution in [1.82, 2.24) is 20.5 Å². The van der Waals surface area contributed by atoms with Gasteiger partial charge in [-0.05, 0) is 30.3 Å². The summed E-state index contributed by atoms with van der Waals surface area (Å²) in [5, 5.41) is 7.35. The van der Waals surface area contributed by atoms with E-state index < -0.39 is 0 Å². The van der Waals surface area contributed by atoms with E-state index in [4.69, 9.17) is 11.6 Å². The number of halogens is 1. The number of hydrogen-bond donors (Lipinski definition) is 2. The summed E-state index contributed by atoms with van der Waals surface area (Å²) >= 11 is 6.20. The Morgan fingerprint density at radius 1 is 1.07 bits per heavy atom. The quantitative estimate of drug-likeness (QED) is 0.610. The van der Waals surface area contributed by atoms with Gasteiger partial charge in [0.1, 0.15) is 5.82 Å². The van der Waals surface area contributed by atoms with Crippen LogP contribution in [0, 0.1) is 0 Å². The summed E-state index contributed by atoms with van der Waals surface area (Å²) in [5.74, 6) is 1.78. The number of hydrogen-bond acceptors (Lipinski definition) is 4. The molecule has 0 aliphatic carbocycles. The maximum Gasteiger partial charge on any atom is 0.191 e. The minimum atomic E-state index is 0.625. The smallest absolute Gasteiger partial charge is 0.191 e. The minimum Gasteiger partial charge on any atom is -0.354 e. The first kappa shape index (κ1) is 19.5. The van der Waals surface area contributed by atoms with Crippen LogP contribution in [0.25, 0.3) is 0 Å². The van der Waals surface area contributed by atoms with Gasteiger partial charge >= 0.3 is 0 Å². The zero-order chi connectivity index (χ0) is 19.1. The summed E-state index contributed by atoms with van der Waals surface area (Å²) in [7, 11) is 3.92. The highest BCUT2D eigenvalue weighted by Crippen LogP contribution is 2.15. The molecule has 1 aliphatic heterocycles. The molecule has 0 saturated carbocycles. The third-order valence-electron chi connectivity index (χ3n) is 4.72. The molecule has 2 aromatic rings. The third kappa shape index (κ3) is 5.58. The van der Waals surface area contributed by atoms with Gasteiger partial charge in [0.05, 0.1) is 0 Å². The van der Waals surface area contributed by atoms with E-state index in [-0.39, 0.29) is 0 Å². The SMILES string of the molecule is CN=C(NCc1ccc(N2CCN(C)CC2)nc1)NCc1ccccc1Cl. The van der Waals surface area contributed by atoms with Crippen LogP contribution in [0.4, 0.5) is 5.82 Å². The Balaban J connectivity index is 1.49. The van der Waals surface area contributed by atoms with Crippen LogP contribution in [0.2, 0.25) is 5.02 Å². The third-order valence-corrected chi connectivity index (χ3v) is 5.09. The van der Waals surface area contributed by atoms with Gasteiger partial charge in [-0.15, -0.1) is 0 Å². The van der Waals surface area contributed by atoms with Crippen LogP contribution >= 0.6 is 11.6 Å². The molecule has 7 heteroatoms. The first-order valence-corrected chi connectivity index (χ1v) is 9.60. The van der Waals surface area contributed by atoms with Crippen molar-refractivity contribution in [2.24, 2.45) is 4.99 Å². The maximum atomic E-state index is 6.20. The molecule has 1 aromatic carbocycles. The normalized spacial score (nSPS) is 15.7. The lowest BCUT2D eigenvalue weighted by atomic mass is 10.2. The van der Waals surface area contributed by atoms with Crippen LogP contribution in [-0.4, -0.2) is 56.1 Å². The van der Waals surface area contributed by atoms with E-state index >= 15 is 0 Å². The van der Waals surface area contributed by atoms with Crippen LogP contribution in [0.15, 0.2) is 47.6 Å². The molecular formula is C20H27ClN6. The van der Waals surface area contributed by atoms with Crippen molar-refractivity contribution in [2.45, 2.75) is 13.1 Å². The van der Waals surface area contributed by atoms with Gasteiger partial charge in [-0.2, -0.15) is 0 Å². The number of aliphatic imine (C=N–C) groups is 1. The Morgan fingerprint density at radius 3 is 2.48 bits per heavy atom. The molecule has 0 atom stereocenters. The van der Waals surface area contributed by atoms with Crippen LogP contribution in [0.1, 0.15) is 11.1 Å². The van der Waals surface area contributed by atoms with E-state index in [0.717, 1.165) is 54.1 Å². The van der Waals surface area contributed by atoms with Gasteiger partial charge in [0, 0.05) is 57.5 Å². The average Bonchev–Trinajstić information content (AvgIpc) is 2.70. The molecule has 0 unspecified atom stereocenters. The van der Waals surface area contributed by atoms with Gasteiger partial charge in [-0.3, -0.25) is 4.99 Å². The van der Waals surface area contributed by atoms with E-state index in [1.807, 2.05) is 30.5 Å². The van der Waals surface area contributed by atoms with Crippen LogP contribution in [0.5, 0.6) is 0 Å². The van der Waals surface area contributed by atoms with Gasteiger partial charge in [0.15, 0.2) is 5.96 Å². The fourth-order valence-corrected chi connectivity index (χ4v) is 3.17. The topological polar surface area (TPSA) is 55.8 Å². The molecule has 1 aromatic heterocycles. The summed E-state index contributed by atoms with van der Waals surface area (Å²) in [5.41, 5.74) is 2.16. The molecular weight excluding hydrogens is 360 g/mol. The Hall–Kier alpha value is -2.31. The predicted molar refractivity (Wildman–Crippen MR) is 112 cm³/mol. The second-order valence-corrected chi connectivity index (χ2v) is 7.09. The van der Waals surface area contributed by atoms with E-state index in [1.165, 1.54) is 0 Å². The van der Waals surface area contributed by atoms with E-state index in [0.29, 0.717) is 13.1 Å². The van der Waals surface area contributed by atoms with Crippen molar-refractivity contribution in [1.29, 1.82) is 0 Å². The summed E-state index contributed by atoms with van der Waals surface area (Å²) < 4.78 is 0. The van der Waals surface area contributed by atoms with Gasteiger partial charge in [-0.1, -0.05) is 35.9 Å². The Bertz CT molecular complexity index is 753. The van der Waals surface area contributed by atoms with Gasteiger partial charge in [0.25, 0.3) is 0 Å². The highest BCUT2D eigenvalue weighted by atomic mass is 35.5. The molecule has 0 amide bonds. The summed E-state index contributed by atoms with van der Waals surface area (Å²) in [6.45, 7) is 5.51. The molecule has 1 fully saturated rings. The first-order chi connectivity index (χ1) is 13.2. The second kappa shape index (κ2) is 9.58. The first-order valence-electron chi connectivity index (χ1n) is 9.22. The lowest BCUT2D eigenvalue weighted by Crippen LogP contribution is -2.44. The highest BCUT2D eigenvalue weighted by Gasteiger charge is 2.14. The molecule has 2 heterocycles. The minimum absolute atomic E-state index is 0.625. The zero-order valence-electron chi connectivity index (χ0n) is 16.0. The van der Waals surface area contributed by atoms with Gasteiger partial charge in [0.2, 0.25) is 0 Å². The summed E-state index contributed by atoms with van der Waals surface area (Å²) in [4.78, 5) is 13.6. The van der Waals surface area contributed by atoms with E-state index in [9.17, 15) is 0 Å². The molecule has 2 N–H and O–H groups in total. The molecule has 0 bridgehead atoms. The summed E-state index contributed by atoms with van der Waals surface area (Å²) in [6.07, 6.45) is 1.93. The Morgan fingerprint density at radius 2 is 1.81 bits per heavy atom. The van der Waals surface area contributed by atoms with Crippen molar-refractivity contribution in [2.75, 3.05) is 45.2 Å². The van der Waals surface area contributed by atoms with Crippen LogP contribution < -0.4 is 15.5 Å². The van der Waals surface area contributed by atoms with Gasteiger partial charge < -0.3 is 20.4 Å². The monoisotopic (exact) mass is 386 g/mol. The fraction of sp³-hybridized carbons (Fsp3) is 0.400. The number of aromatic nitrogens is 1. The molecule has 27 heavy (non-hydrogen) atoms. The van der Waals surface area contributed by atoms with Crippen molar-refractivity contribution >= 4 is 23.4 Å². The Kier molecular flexibility index (Phi) is 6.90. The molecule has 1 saturated heterocycles. The number of rotatable bonds is 5. The number of benzene rings is 1. The van der Waals surface area contributed by atoms with Crippen LogP contribution in [-0.2, 0) is 13.1 Å². The number of pyridine rings is 1. The van der Waals surface area contributed by atoms with Crippen LogP contribution in [0.3, 0.4) is 0 Å². The van der Waals surface area contributed by atoms with Crippen molar-refractivity contribution in [3.8, 4) is 0 Å². The number of piperazine rings is 1. The van der Waals surface area contributed by atoms with Crippen molar-refractivity contribution in [3.05, 3.63) is 58.7 Å². The highest BCUT2D eigenvalue weighted by molar-refractivity contribution is 6.31. The molecule has 1 aliphatic rings. The molecule has 0 spiro atoms. The number of nitrogens with one attached hydrogen (secondary N) is 2. The number of nitrogens with zero attached hydrogens (tertiary/aromatic N) is 4. The molecule has 6 nitrogen and oxygen atoms in total. The maximum absolute atomic E-state index is 6.20. The largest absolute Gasteiger partial charge is 0.354 e. The zero-order valence-corrected chi connectivity index (χ0v) is 16.7. The number of anilines is 1. The Labute approximate surface area is 166 Å². The van der Waals surface area contributed by atoms with E-state index in [1.54, 1.807) is 7.05 Å². The average molecular weight is 387 g/mol. The van der Waals surface area contributed by atoms with Crippen molar-refractivity contribution in [3.63, 3.8) is 0 Å². The molecule has 0 radical (unpaired) electrons. The fourth-order valence-electron chi connectivity index (χ4n) is 2.97. The molecule has 3 rings (SSSR count).